The first-order chi connectivity index (χ1) is 13.2. The summed E-state index contributed by atoms with van der Waals surface area (Å²) in [5, 5.41) is 2.77. The van der Waals surface area contributed by atoms with Crippen LogP contribution in [0, 0.1) is 5.92 Å². The Labute approximate surface area is 175 Å². The first-order valence-corrected chi connectivity index (χ1v) is 11.2. The van der Waals surface area contributed by atoms with Crippen LogP contribution in [0.3, 0.4) is 0 Å². The number of halogens is 1. The van der Waals surface area contributed by atoms with Gasteiger partial charge in [0.25, 0.3) is 10.0 Å². The van der Waals surface area contributed by atoms with Crippen LogP contribution in [0.2, 0.25) is 0 Å². The topological polar surface area (TPSA) is 75.7 Å². The third-order valence-corrected chi connectivity index (χ3v) is 6.15. The second-order valence-corrected chi connectivity index (χ2v) is 9.37. The summed E-state index contributed by atoms with van der Waals surface area (Å²) in [5.41, 5.74) is 0.395. The minimum Gasteiger partial charge on any atom is -0.494 e. The average Bonchev–Trinajstić information content (AvgIpc) is 2.66. The molecule has 8 heteroatoms. The molecule has 2 aromatic carbocycles. The molecule has 0 aliphatic rings. The van der Waals surface area contributed by atoms with Crippen molar-refractivity contribution in [2.75, 3.05) is 24.0 Å². The Kier molecular flexibility index (Phi) is 7.88. The fraction of sp³-hybridized carbons (Fsp3) is 0.350. The lowest BCUT2D eigenvalue weighted by Crippen LogP contribution is -2.41. The number of benzene rings is 2. The number of rotatable bonds is 9. The molecule has 0 saturated carbocycles. The molecule has 1 N–H and O–H groups in total. The van der Waals surface area contributed by atoms with Gasteiger partial charge in [0, 0.05) is 11.0 Å². The second-order valence-electron chi connectivity index (χ2n) is 6.59. The maximum absolute atomic E-state index is 13.2. The smallest absolute Gasteiger partial charge is 0.264 e. The summed E-state index contributed by atoms with van der Waals surface area (Å²) in [6.07, 6.45) is 0. The number of nitrogens with one attached hydrogen (secondary N) is 1. The molecule has 0 bridgehead atoms. The van der Waals surface area contributed by atoms with Gasteiger partial charge in [-0.3, -0.25) is 9.10 Å². The van der Waals surface area contributed by atoms with Crippen molar-refractivity contribution in [3.8, 4) is 5.75 Å². The predicted octanol–water partition coefficient (Wildman–Crippen LogP) is 3.82. The fourth-order valence-corrected chi connectivity index (χ4v) is 4.11. The predicted molar refractivity (Wildman–Crippen MR) is 114 cm³/mol. The molecule has 0 saturated heterocycles. The zero-order valence-electron chi connectivity index (χ0n) is 16.2. The van der Waals surface area contributed by atoms with Crippen LogP contribution in [-0.4, -0.2) is 34.0 Å². The number of hydrogen-bond donors (Lipinski definition) is 1. The Balaban J connectivity index is 2.37. The maximum atomic E-state index is 13.2. The van der Waals surface area contributed by atoms with Crippen LogP contribution in [0.15, 0.2) is 57.9 Å². The minimum atomic E-state index is -3.92. The van der Waals surface area contributed by atoms with Crippen molar-refractivity contribution in [2.24, 2.45) is 5.92 Å². The molecule has 1 amide bonds. The Morgan fingerprint density at radius 3 is 2.25 bits per heavy atom. The normalized spacial score (nSPS) is 11.3. The van der Waals surface area contributed by atoms with E-state index in [4.69, 9.17) is 4.74 Å². The van der Waals surface area contributed by atoms with Crippen LogP contribution in [-0.2, 0) is 14.8 Å². The molecule has 0 heterocycles. The fourth-order valence-electron chi connectivity index (χ4n) is 2.43. The highest BCUT2D eigenvalue weighted by molar-refractivity contribution is 9.10. The number of anilines is 1. The summed E-state index contributed by atoms with van der Waals surface area (Å²) in [4.78, 5) is 12.5. The van der Waals surface area contributed by atoms with Gasteiger partial charge in [-0.25, -0.2) is 8.42 Å². The molecule has 0 fully saturated rings. The monoisotopic (exact) mass is 468 g/mol. The number of nitrogens with zero attached hydrogens (tertiary/aromatic N) is 1. The Bertz CT molecular complexity index is 881. The molecule has 0 aromatic heterocycles. The molecule has 0 spiro atoms. The third kappa shape index (κ3) is 5.97. The third-order valence-electron chi connectivity index (χ3n) is 3.83. The number of sulfonamides is 1. The van der Waals surface area contributed by atoms with Crippen molar-refractivity contribution in [3.63, 3.8) is 0 Å². The van der Waals surface area contributed by atoms with Gasteiger partial charge in [-0.2, -0.15) is 0 Å². The number of ether oxygens (including phenoxy) is 1. The lowest BCUT2D eigenvalue weighted by Gasteiger charge is -2.24. The lowest BCUT2D eigenvalue weighted by molar-refractivity contribution is -0.119. The zero-order chi connectivity index (χ0) is 20.7. The summed E-state index contributed by atoms with van der Waals surface area (Å²) in [7, 11) is -3.92. The summed E-state index contributed by atoms with van der Waals surface area (Å²) < 4.78 is 33.8. The van der Waals surface area contributed by atoms with Crippen molar-refractivity contribution in [1.29, 1.82) is 0 Å². The summed E-state index contributed by atoms with van der Waals surface area (Å²) >= 11 is 3.30. The number of amides is 1. The molecular weight excluding hydrogens is 444 g/mol. The first kappa shape index (κ1) is 22.2. The van der Waals surface area contributed by atoms with E-state index in [-0.39, 0.29) is 23.3 Å². The molecule has 0 aliphatic carbocycles. The van der Waals surface area contributed by atoms with Gasteiger partial charge in [0.2, 0.25) is 5.91 Å². The van der Waals surface area contributed by atoms with Crippen molar-refractivity contribution in [3.05, 3.63) is 53.0 Å². The summed E-state index contributed by atoms with van der Waals surface area (Å²) in [6, 6.07) is 13.0. The van der Waals surface area contributed by atoms with Gasteiger partial charge in [-0.15, -0.1) is 0 Å². The Morgan fingerprint density at radius 2 is 1.71 bits per heavy atom. The molecule has 28 heavy (non-hydrogen) atoms. The van der Waals surface area contributed by atoms with Crippen molar-refractivity contribution >= 4 is 37.5 Å². The average molecular weight is 469 g/mol. The van der Waals surface area contributed by atoms with E-state index in [1.807, 2.05) is 20.8 Å². The second kappa shape index (κ2) is 9.93. The van der Waals surface area contributed by atoms with Gasteiger partial charge in [-0.05, 0) is 61.4 Å². The molecule has 6 nitrogen and oxygen atoms in total. The van der Waals surface area contributed by atoms with Crippen LogP contribution < -0.4 is 14.4 Å². The van der Waals surface area contributed by atoms with Gasteiger partial charge < -0.3 is 10.1 Å². The molecule has 0 radical (unpaired) electrons. The molecule has 2 aromatic rings. The zero-order valence-corrected chi connectivity index (χ0v) is 18.6. The number of carbonyl (C=O) groups excluding carboxylic acids is 1. The van der Waals surface area contributed by atoms with E-state index in [2.05, 4.69) is 21.2 Å². The molecule has 0 aliphatic heterocycles. The van der Waals surface area contributed by atoms with Gasteiger partial charge in [0.15, 0.2) is 0 Å². The van der Waals surface area contributed by atoms with Crippen LogP contribution >= 0.6 is 15.9 Å². The number of carbonyl (C=O) groups is 1. The standard InChI is InChI=1S/C20H25BrN2O4S/c1-4-27-18-9-7-17(8-10-18)23(14-20(24)22-13-15(2)3)28(25,26)19-11-5-16(21)6-12-19/h5-12,15H,4,13-14H2,1-3H3,(H,22,24). The molecule has 0 atom stereocenters. The molecular formula is C20H25BrN2O4S. The first-order valence-electron chi connectivity index (χ1n) is 9.02. The van der Waals surface area contributed by atoms with E-state index in [0.717, 1.165) is 8.78 Å². The van der Waals surface area contributed by atoms with Gasteiger partial charge in [-0.1, -0.05) is 29.8 Å². The highest BCUT2D eigenvalue weighted by Gasteiger charge is 2.27. The largest absolute Gasteiger partial charge is 0.494 e. The van der Waals surface area contributed by atoms with Crippen LogP contribution in [0.5, 0.6) is 5.75 Å². The van der Waals surface area contributed by atoms with E-state index in [9.17, 15) is 13.2 Å². The SMILES string of the molecule is CCOc1ccc(N(CC(=O)NCC(C)C)S(=O)(=O)c2ccc(Br)cc2)cc1. The van der Waals surface area contributed by atoms with Gasteiger partial charge >= 0.3 is 0 Å². The molecule has 2 rings (SSSR count). The highest BCUT2D eigenvalue weighted by atomic mass is 79.9. The van der Waals surface area contributed by atoms with Gasteiger partial charge in [0.1, 0.15) is 12.3 Å². The van der Waals surface area contributed by atoms with Crippen molar-refractivity contribution in [2.45, 2.75) is 25.7 Å². The van der Waals surface area contributed by atoms with Crippen molar-refractivity contribution < 1.29 is 17.9 Å². The number of hydrogen-bond acceptors (Lipinski definition) is 4. The Hall–Kier alpha value is -2.06. The van der Waals surface area contributed by atoms with E-state index in [1.165, 1.54) is 12.1 Å². The summed E-state index contributed by atoms with van der Waals surface area (Å²) in [6.45, 7) is 6.51. The van der Waals surface area contributed by atoms with E-state index >= 15 is 0 Å². The minimum absolute atomic E-state index is 0.112. The van der Waals surface area contributed by atoms with Crippen LogP contribution in [0.1, 0.15) is 20.8 Å². The van der Waals surface area contributed by atoms with E-state index in [1.54, 1.807) is 36.4 Å². The Morgan fingerprint density at radius 1 is 1.11 bits per heavy atom. The van der Waals surface area contributed by atoms with E-state index in [0.29, 0.717) is 24.6 Å². The van der Waals surface area contributed by atoms with Crippen LogP contribution in [0.25, 0.3) is 0 Å². The lowest BCUT2D eigenvalue weighted by atomic mass is 10.2. The molecule has 152 valence electrons. The van der Waals surface area contributed by atoms with Gasteiger partial charge in [0.05, 0.1) is 17.2 Å². The maximum Gasteiger partial charge on any atom is 0.264 e. The molecule has 0 unspecified atom stereocenters. The highest BCUT2D eigenvalue weighted by Crippen LogP contribution is 2.26. The quantitative estimate of drug-likeness (QED) is 0.606. The van der Waals surface area contributed by atoms with Crippen molar-refractivity contribution in [1.82, 2.24) is 5.32 Å². The van der Waals surface area contributed by atoms with Crippen LogP contribution in [0.4, 0.5) is 5.69 Å². The summed E-state index contributed by atoms with van der Waals surface area (Å²) in [5.74, 6) is 0.547. The van der Waals surface area contributed by atoms with E-state index < -0.39 is 10.0 Å².